The Kier molecular flexibility index (Phi) is 4.61. The van der Waals surface area contributed by atoms with E-state index in [1.807, 2.05) is 24.5 Å². The molecule has 1 saturated carbocycles. The quantitative estimate of drug-likeness (QED) is 0.655. The molecule has 5 rings (SSSR count). The molecule has 6 nitrogen and oxygen atoms in total. The van der Waals surface area contributed by atoms with E-state index in [4.69, 9.17) is 11.6 Å². The molecule has 0 N–H and O–H groups in total. The van der Waals surface area contributed by atoms with Crippen molar-refractivity contribution in [2.45, 2.75) is 50.6 Å². The number of fused-ring (bicyclic) bond motifs is 3. The third kappa shape index (κ3) is 3.20. The molecule has 0 amide bonds. The number of rotatable bonds is 2. The maximum absolute atomic E-state index is 6.27. The Morgan fingerprint density at radius 2 is 1.71 bits per heavy atom. The lowest BCUT2D eigenvalue weighted by molar-refractivity contribution is 0.315. The van der Waals surface area contributed by atoms with Gasteiger partial charge in [-0.25, -0.2) is 9.97 Å². The zero-order valence-corrected chi connectivity index (χ0v) is 16.7. The summed E-state index contributed by atoms with van der Waals surface area (Å²) in [4.78, 5) is 11.2. The van der Waals surface area contributed by atoms with Gasteiger partial charge in [-0.1, -0.05) is 11.6 Å². The van der Waals surface area contributed by atoms with Crippen molar-refractivity contribution in [1.82, 2.24) is 29.6 Å². The Bertz CT molecular complexity index is 978. The second kappa shape index (κ2) is 7.26. The molecule has 7 heteroatoms. The van der Waals surface area contributed by atoms with E-state index in [0.717, 1.165) is 67.0 Å². The lowest BCUT2D eigenvalue weighted by atomic mass is 9.81. The van der Waals surface area contributed by atoms with Crippen LogP contribution in [0.2, 0.25) is 5.02 Å². The van der Waals surface area contributed by atoms with Crippen molar-refractivity contribution in [2.75, 3.05) is 7.05 Å². The summed E-state index contributed by atoms with van der Waals surface area (Å²) in [7, 11) is 2.11. The lowest BCUT2D eigenvalue weighted by Gasteiger charge is -2.27. The fourth-order valence-corrected chi connectivity index (χ4v) is 4.77. The first-order valence-electron chi connectivity index (χ1n) is 9.87. The highest BCUT2D eigenvalue weighted by Crippen LogP contribution is 2.40. The van der Waals surface area contributed by atoms with E-state index in [1.54, 1.807) is 0 Å². The van der Waals surface area contributed by atoms with Gasteiger partial charge in [0.2, 0.25) is 0 Å². The van der Waals surface area contributed by atoms with Crippen molar-refractivity contribution in [1.29, 1.82) is 0 Å². The molecule has 0 spiro atoms. The molecule has 0 atom stereocenters. The van der Waals surface area contributed by atoms with Gasteiger partial charge < -0.3 is 0 Å². The zero-order valence-electron chi connectivity index (χ0n) is 15.9. The Morgan fingerprint density at radius 3 is 2.50 bits per heavy atom. The number of halogens is 1. The van der Waals surface area contributed by atoms with Gasteiger partial charge in [0.05, 0.1) is 12.2 Å². The van der Waals surface area contributed by atoms with Crippen LogP contribution in [0.15, 0.2) is 36.7 Å². The van der Waals surface area contributed by atoms with Gasteiger partial charge in [0.25, 0.3) is 0 Å². The summed E-state index contributed by atoms with van der Waals surface area (Å²) in [5.41, 5.74) is 2.39. The lowest BCUT2D eigenvalue weighted by Crippen LogP contribution is -2.18. The third-order valence-electron chi connectivity index (χ3n) is 5.93. The number of hydrogen-bond acceptors (Lipinski definition) is 5. The second-order valence-electron chi connectivity index (χ2n) is 7.91. The van der Waals surface area contributed by atoms with Gasteiger partial charge in [-0.3, -0.25) is 9.47 Å². The van der Waals surface area contributed by atoms with Crippen LogP contribution >= 0.6 is 11.6 Å². The third-order valence-corrected chi connectivity index (χ3v) is 6.17. The van der Waals surface area contributed by atoms with Gasteiger partial charge in [0.15, 0.2) is 5.82 Å². The molecule has 28 heavy (non-hydrogen) atoms. The first-order chi connectivity index (χ1) is 13.7. The van der Waals surface area contributed by atoms with Crippen LogP contribution in [0.25, 0.3) is 5.69 Å². The van der Waals surface area contributed by atoms with Crippen LogP contribution in [-0.2, 0) is 13.1 Å². The van der Waals surface area contributed by atoms with Crippen molar-refractivity contribution in [2.24, 2.45) is 0 Å². The smallest absolute Gasteiger partial charge is 0.151 e. The minimum atomic E-state index is 0.410. The normalized spacial score (nSPS) is 22.4. The molecule has 0 unspecified atom stereocenters. The molecule has 0 saturated heterocycles. The number of benzene rings is 1. The molecule has 1 aliphatic carbocycles. The summed E-state index contributed by atoms with van der Waals surface area (Å²) in [6.45, 7) is 1.64. The van der Waals surface area contributed by atoms with Gasteiger partial charge in [-0.05, 0) is 62.6 Å². The van der Waals surface area contributed by atoms with E-state index < -0.39 is 0 Å². The van der Waals surface area contributed by atoms with Crippen LogP contribution < -0.4 is 0 Å². The molecular formula is C21H23ClN6. The predicted molar refractivity (Wildman–Crippen MR) is 108 cm³/mol. The van der Waals surface area contributed by atoms with E-state index in [2.05, 4.69) is 48.8 Å². The highest BCUT2D eigenvalue weighted by molar-refractivity contribution is 6.30. The van der Waals surface area contributed by atoms with Gasteiger partial charge in [0.1, 0.15) is 11.6 Å². The van der Waals surface area contributed by atoms with Crippen LogP contribution in [0.4, 0.5) is 0 Å². The first kappa shape index (κ1) is 17.8. The van der Waals surface area contributed by atoms with E-state index in [1.165, 1.54) is 5.56 Å². The Labute approximate surface area is 169 Å². The van der Waals surface area contributed by atoms with Crippen molar-refractivity contribution >= 4 is 11.6 Å². The molecule has 2 aromatic heterocycles. The van der Waals surface area contributed by atoms with Gasteiger partial charge in [-0.15, -0.1) is 10.2 Å². The summed E-state index contributed by atoms with van der Waals surface area (Å²) < 4.78 is 2.28. The fraction of sp³-hybridized carbons (Fsp3) is 0.429. The highest BCUT2D eigenvalue weighted by atomic mass is 35.5. The minimum absolute atomic E-state index is 0.410. The standard InChI is InChI=1S/C21H23ClN6/c1-27-12-16-11-17(22)7-8-18(16)28-19(13-27)25-26-21(28)15-5-3-14(4-6-15)20-23-9-2-10-24-20/h2,7-11,14-15H,3-6,12-13H2,1H3. The van der Waals surface area contributed by atoms with Gasteiger partial charge in [0, 0.05) is 35.8 Å². The largest absolute Gasteiger partial charge is 0.295 e. The minimum Gasteiger partial charge on any atom is -0.295 e. The van der Waals surface area contributed by atoms with E-state index in [9.17, 15) is 0 Å². The van der Waals surface area contributed by atoms with Crippen molar-refractivity contribution in [3.05, 3.63) is 64.7 Å². The number of nitrogens with zero attached hydrogens (tertiary/aromatic N) is 6. The maximum atomic E-state index is 6.27. The summed E-state index contributed by atoms with van der Waals surface area (Å²) in [5, 5.41) is 9.97. The van der Waals surface area contributed by atoms with Crippen LogP contribution in [0.1, 0.15) is 60.6 Å². The van der Waals surface area contributed by atoms with E-state index in [0.29, 0.717) is 11.8 Å². The molecule has 1 aliphatic heterocycles. The second-order valence-corrected chi connectivity index (χ2v) is 8.35. The first-order valence-corrected chi connectivity index (χ1v) is 10.3. The molecule has 144 valence electrons. The summed E-state index contributed by atoms with van der Waals surface area (Å²) >= 11 is 6.27. The van der Waals surface area contributed by atoms with Crippen LogP contribution in [0.5, 0.6) is 0 Å². The summed E-state index contributed by atoms with van der Waals surface area (Å²) in [5.74, 6) is 3.92. The zero-order chi connectivity index (χ0) is 19.1. The fourth-order valence-electron chi connectivity index (χ4n) is 4.58. The van der Waals surface area contributed by atoms with E-state index >= 15 is 0 Å². The highest BCUT2D eigenvalue weighted by Gasteiger charge is 2.31. The molecule has 2 aliphatic rings. The summed E-state index contributed by atoms with van der Waals surface area (Å²) in [6, 6.07) is 8.01. The van der Waals surface area contributed by atoms with E-state index in [-0.39, 0.29) is 0 Å². The van der Waals surface area contributed by atoms with Crippen LogP contribution in [0.3, 0.4) is 0 Å². The predicted octanol–water partition coefficient (Wildman–Crippen LogP) is 4.10. The molecule has 3 heterocycles. The SMILES string of the molecule is CN1Cc2cc(Cl)ccc2-n2c(nnc2C2CCC(c3ncccn3)CC2)C1. The van der Waals surface area contributed by atoms with Gasteiger partial charge >= 0.3 is 0 Å². The van der Waals surface area contributed by atoms with Crippen LogP contribution in [-0.4, -0.2) is 36.7 Å². The monoisotopic (exact) mass is 394 g/mol. The molecule has 1 fully saturated rings. The van der Waals surface area contributed by atoms with Gasteiger partial charge in [-0.2, -0.15) is 0 Å². The topological polar surface area (TPSA) is 59.7 Å². The molecular weight excluding hydrogens is 372 g/mol. The molecule has 0 radical (unpaired) electrons. The van der Waals surface area contributed by atoms with Crippen molar-refractivity contribution in [3.8, 4) is 5.69 Å². The van der Waals surface area contributed by atoms with Crippen molar-refractivity contribution < 1.29 is 0 Å². The average Bonchev–Trinajstić information content (AvgIpc) is 3.06. The van der Waals surface area contributed by atoms with Crippen LogP contribution in [0, 0.1) is 0 Å². The molecule has 0 bridgehead atoms. The summed E-state index contributed by atoms with van der Waals surface area (Å²) in [6.07, 6.45) is 8.02. The maximum Gasteiger partial charge on any atom is 0.151 e. The Morgan fingerprint density at radius 1 is 0.964 bits per heavy atom. The number of hydrogen-bond donors (Lipinski definition) is 0. The molecule has 1 aromatic carbocycles. The average molecular weight is 395 g/mol. The molecule has 3 aromatic rings. The Hall–Kier alpha value is -2.31. The Balaban J connectivity index is 1.45. The number of aromatic nitrogens is 5. The van der Waals surface area contributed by atoms with Crippen molar-refractivity contribution in [3.63, 3.8) is 0 Å².